The number of aromatic nitrogens is 2. The highest BCUT2D eigenvalue weighted by Crippen LogP contribution is 2.40. The molecule has 0 radical (unpaired) electrons. The molecule has 3 aliphatic rings. The number of ether oxygens (including phenoxy) is 1. The standard InChI is InChI=1S/C24H30FN5O2/c1-26-22-17-6-10-27-14-20(17)28-21(29-22)16-7-11-30(15-16)23(31)24(8-12-32-13-9-24)18-4-2-3-5-19(18)25/h2-5,16,27H,6-15H2,1H3,(H,26,28,29)/t16-/m0/s1. The van der Waals surface area contributed by atoms with Gasteiger partial charge in [0, 0.05) is 56.9 Å². The summed E-state index contributed by atoms with van der Waals surface area (Å²) < 4.78 is 20.3. The highest BCUT2D eigenvalue weighted by molar-refractivity contribution is 5.89. The highest BCUT2D eigenvalue weighted by atomic mass is 19.1. The number of hydrogen-bond acceptors (Lipinski definition) is 6. The van der Waals surface area contributed by atoms with Gasteiger partial charge in [-0.05, 0) is 38.3 Å². The van der Waals surface area contributed by atoms with Crippen molar-refractivity contribution in [3.8, 4) is 0 Å². The van der Waals surface area contributed by atoms with Crippen molar-refractivity contribution >= 4 is 11.7 Å². The summed E-state index contributed by atoms with van der Waals surface area (Å²) >= 11 is 0. The van der Waals surface area contributed by atoms with Gasteiger partial charge in [-0.3, -0.25) is 4.79 Å². The van der Waals surface area contributed by atoms with E-state index in [4.69, 9.17) is 14.7 Å². The van der Waals surface area contributed by atoms with Gasteiger partial charge >= 0.3 is 0 Å². The van der Waals surface area contributed by atoms with E-state index in [-0.39, 0.29) is 17.6 Å². The number of amides is 1. The van der Waals surface area contributed by atoms with E-state index in [1.165, 1.54) is 11.6 Å². The summed E-state index contributed by atoms with van der Waals surface area (Å²) in [7, 11) is 1.89. The summed E-state index contributed by atoms with van der Waals surface area (Å²) in [6.07, 6.45) is 2.72. The van der Waals surface area contributed by atoms with Crippen LogP contribution in [0, 0.1) is 5.82 Å². The number of likely N-dealkylation sites (tertiary alicyclic amines) is 1. The van der Waals surface area contributed by atoms with E-state index in [1.807, 2.05) is 18.0 Å². The first kappa shape index (κ1) is 21.3. The molecule has 1 aromatic heterocycles. The van der Waals surface area contributed by atoms with Crippen LogP contribution >= 0.6 is 0 Å². The van der Waals surface area contributed by atoms with Gasteiger partial charge in [-0.15, -0.1) is 0 Å². The quantitative estimate of drug-likeness (QED) is 0.762. The second kappa shape index (κ2) is 8.75. The van der Waals surface area contributed by atoms with Gasteiger partial charge in [-0.25, -0.2) is 14.4 Å². The number of benzene rings is 1. The van der Waals surface area contributed by atoms with Crippen LogP contribution in [0.5, 0.6) is 0 Å². The molecule has 8 heteroatoms. The molecule has 2 fully saturated rings. The topological polar surface area (TPSA) is 79.4 Å². The van der Waals surface area contributed by atoms with Gasteiger partial charge in [-0.2, -0.15) is 0 Å². The maximum absolute atomic E-state index is 14.8. The molecule has 1 atom stereocenters. The third-order valence-corrected chi connectivity index (χ3v) is 7.18. The zero-order chi connectivity index (χ0) is 22.1. The molecule has 4 heterocycles. The number of hydrogen-bond donors (Lipinski definition) is 2. The Kier molecular flexibility index (Phi) is 5.82. The van der Waals surface area contributed by atoms with Crippen LogP contribution in [0.2, 0.25) is 0 Å². The van der Waals surface area contributed by atoms with E-state index >= 15 is 0 Å². The third kappa shape index (κ3) is 3.65. The molecule has 2 N–H and O–H groups in total. The minimum Gasteiger partial charge on any atom is -0.381 e. The molecule has 0 spiro atoms. The molecule has 5 rings (SSSR count). The lowest BCUT2D eigenvalue weighted by Crippen LogP contribution is -2.49. The van der Waals surface area contributed by atoms with E-state index in [1.54, 1.807) is 12.1 Å². The molecule has 3 aliphatic heterocycles. The van der Waals surface area contributed by atoms with Crippen LogP contribution in [0.1, 0.15) is 47.8 Å². The first-order valence-electron chi connectivity index (χ1n) is 11.5. The van der Waals surface area contributed by atoms with Crippen molar-refractivity contribution in [1.82, 2.24) is 20.2 Å². The van der Waals surface area contributed by atoms with E-state index in [0.29, 0.717) is 44.7 Å². The van der Waals surface area contributed by atoms with Gasteiger partial charge in [0.25, 0.3) is 0 Å². The van der Waals surface area contributed by atoms with Crippen LogP contribution in [-0.4, -0.2) is 60.7 Å². The number of carbonyl (C=O) groups is 1. The molecule has 1 aromatic carbocycles. The van der Waals surface area contributed by atoms with Crippen molar-refractivity contribution in [2.75, 3.05) is 45.2 Å². The van der Waals surface area contributed by atoms with Crippen molar-refractivity contribution in [2.24, 2.45) is 0 Å². The number of fused-ring (bicyclic) bond motifs is 1. The monoisotopic (exact) mass is 439 g/mol. The molecule has 1 amide bonds. The number of halogens is 1. The van der Waals surface area contributed by atoms with Crippen molar-refractivity contribution in [3.05, 3.63) is 52.7 Å². The summed E-state index contributed by atoms with van der Waals surface area (Å²) in [5.74, 6) is 1.45. The molecule has 0 aliphatic carbocycles. The average Bonchev–Trinajstić information content (AvgIpc) is 3.34. The first-order valence-corrected chi connectivity index (χ1v) is 11.5. The third-order valence-electron chi connectivity index (χ3n) is 7.18. The average molecular weight is 440 g/mol. The number of rotatable bonds is 4. The normalized spacial score (nSPS) is 22.4. The lowest BCUT2D eigenvalue weighted by molar-refractivity contribution is -0.140. The van der Waals surface area contributed by atoms with Gasteiger partial charge in [0.15, 0.2) is 0 Å². The number of anilines is 1. The Morgan fingerprint density at radius 3 is 2.88 bits per heavy atom. The Morgan fingerprint density at radius 1 is 1.28 bits per heavy atom. The van der Waals surface area contributed by atoms with Crippen LogP contribution < -0.4 is 10.6 Å². The Labute approximate surface area is 187 Å². The van der Waals surface area contributed by atoms with E-state index in [0.717, 1.165) is 43.3 Å². The molecule has 0 saturated carbocycles. The molecule has 0 unspecified atom stereocenters. The fourth-order valence-corrected chi connectivity index (χ4v) is 5.39. The second-order valence-corrected chi connectivity index (χ2v) is 8.94. The molecule has 170 valence electrons. The van der Waals surface area contributed by atoms with Gasteiger partial charge in [0.05, 0.1) is 11.1 Å². The smallest absolute Gasteiger partial charge is 0.233 e. The summed E-state index contributed by atoms with van der Waals surface area (Å²) in [4.78, 5) is 25.4. The van der Waals surface area contributed by atoms with Crippen molar-refractivity contribution in [3.63, 3.8) is 0 Å². The maximum atomic E-state index is 14.8. The number of nitrogens with one attached hydrogen (secondary N) is 2. The zero-order valence-electron chi connectivity index (χ0n) is 18.5. The molecule has 32 heavy (non-hydrogen) atoms. The second-order valence-electron chi connectivity index (χ2n) is 8.94. The lowest BCUT2D eigenvalue weighted by Gasteiger charge is -2.39. The van der Waals surface area contributed by atoms with Crippen LogP contribution in [0.15, 0.2) is 24.3 Å². The predicted octanol–water partition coefficient (Wildman–Crippen LogP) is 2.37. The lowest BCUT2D eigenvalue weighted by atomic mass is 9.72. The molecule has 0 bridgehead atoms. The molecule has 7 nitrogen and oxygen atoms in total. The minimum absolute atomic E-state index is 0.00173. The van der Waals surface area contributed by atoms with Crippen LogP contribution in [0.25, 0.3) is 0 Å². The Balaban J connectivity index is 1.41. The largest absolute Gasteiger partial charge is 0.381 e. The predicted molar refractivity (Wildman–Crippen MR) is 119 cm³/mol. The maximum Gasteiger partial charge on any atom is 0.233 e. The minimum atomic E-state index is -0.866. The summed E-state index contributed by atoms with van der Waals surface area (Å²) in [5.41, 5.74) is 1.85. The first-order chi connectivity index (χ1) is 15.6. The summed E-state index contributed by atoms with van der Waals surface area (Å²) in [6.45, 7) is 3.79. The molecule has 2 aromatic rings. The summed E-state index contributed by atoms with van der Waals surface area (Å²) in [5, 5.41) is 6.60. The van der Waals surface area contributed by atoms with Crippen LogP contribution in [0.4, 0.5) is 10.2 Å². The van der Waals surface area contributed by atoms with Gasteiger partial charge < -0.3 is 20.3 Å². The molecular formula is C24H30FN5O2. The Hall–Kier alpha value is -2.58. The van der Waals surface area contributed by atoms with Gasteiger partial charge in [0.2, 0.25) is 5.91 Å². The Morgan fingerprint density at radius 2 is 2.09 bits per heavy atom. The van der Waals surface area contributed by atoms with E-state index in [2.05, 4.69) is 10.6 Å². The van der Waals surface area contributed by atoms with E-state index in [9.17, 15) is 9.18 Å². The summed E-state index contributed by atoms with van der Waals surface area (Å²) in [6, 6.07) is 6.68. The number of nitrogens with zero attached hydrogens (tertiary/aromatic N) is 3. The SMILES string of the molecule is CNc1nc([C@H]2CCN(C(=O)C3(c4ccccc4F)CCOCC3)C2)nc2c1CCNC2. The van der Waals surface area contributed by atoms with Crippen LogP contribution in [0.3, 0.4) is 0 Å². The van der Waals surface area contributed by atoms with Gasteiger partial charge in [-0.1, -0.05) is 18.2 Å². The van der Waals surface area contributed by atoms with E-state index < -0.39 is 5.41 Å². The zero-order valence-corrected chi connectivity index (χ0v) is 18.5. The highest BCUT2D eigenvalue weighted by Gasteiger charge is 2.47. The molecular weight excluding hydrogens is 409 g/mol. The van der Waals surface area contributed by atoms with Crippen LogP contribution in [-0.2, 0) is 27.9 Å². The number of carbonyl (C=O) groups excluding carboxylic acids is 1. The molecule has 2 saturated heterocycles. The van der Waals surface area contributed by atoms with Crippen molar-refractivity contribution < 1.29 is 13.9 Å². The fraction of sp³-hybridized carbons (Fsp3) is 0.542. The van der Waals surface area contributed by atoms with Crippen molar-refractivity contribution in [1.29, 1.82) is 0 Å². The fourth-order valence-electron chi connectivity index (χ4n) is 5.39. The Bertz CT molecular complexity index is 991. The van der Waals surface area contributed by atoms with Gasteiger partial charge in [0.1, 0.15) is 17.5 Å². The van der Waals surface area contributed by atoms with Crippen molar-refractivity contribution in [2.45, 2.75) is 43.6 Å².